The SMILES string of the molecule is CC(C)CN([C@H](CO)CCCCNC(=O)[C@H](Cc1ccc2ccccc2c1)NC(=O)C1CCCCC1)S(=O)(=O)c1ccc(N)cc1. The van der Waals surface area contributed by atoms with Crippen molar-refractivity contribution in [1.29, 1.82) is 0 Å². The van der Waals surface area contributed by atoms with Gasteiger partial charge in [0.25, 0.3) is 0 Å². The molecular weight excluding hydrogens is 600 g/mol. The van der Waals surface area contributed by atoms with Crippen LogP contribution in [0.3, 0.4) is 0 Å². The van der Waals surface area contributed by atoms with Crippen LogP contribution in [0.2, 0.25) is 0 Å². The number of carbonyl (C=O) groups is 2. The number of anilines is 1. The summed E-state index contributed by atoms with van der Waals surface area (Å²) in [5.74, 6) is -0.294. The summed E-state index contributed by atoms with van der Waals surface area (Å²) < 4.78 is 28.5. The van der Waals surface area contributed by atoms with Crippen molar-refractivity contribution in [2.45, 2.75) is 88.6 Å². The van der Waals surface area contributed by atoms with Crippen molar-refractivity contribution in [2.24, 2.45) is 11.8 Å². The summed E-state index contributed by atoms with van der Waals surface area (Å²) in [4.78, 5) is 26.8. The summed E-state index contributed by atoms with van der Waals surface area (Å²) in [6.07, 6.45) is 6.93. The number of nitrogens with one attached hydrogen (secondary N) is 2. The van der Waals surface area contributed by atoms with Crippen LogP contribution in [-0.4, -0.2) is 61.4 Å². The second-order valence-electron chi connectivity index (χ2n) is 12.9. The van der Waals surface area contributed by atoms with Gasteiger partial charge in [0.15, 0.2) is 0 Å². The van der Waals surface area contributed by atoms with E-state index in [2.05, 4.69) is 16.7 Å². The highest BCUT2D eigenvalue weighted by atomic mass is 32.2. The zero-order valence-electron chi connectivity index (χ0n) is 27.2. The average molecular weight is 651 g/mol. The monoisotopic (exact) mass is 650 g/mol. The molecule has 0 spiro atoms. The number of aliphatic hydroxyl groups excluding tert-OH is 1. The van der Waals surface area contributed by atoms with Crippen LogP contribution in [-0.2, 0) is 26.0 Å². The smallest absolute Gasteiger partial charge is 0.243 e. The molecule has 3 aromatic rings. The molecule has 0 aliphatic heterocycles. The Morgan fingerprint density at radius 1 is 0.957 bits per heavy atom. The number of benzene rings is 3. The van der Waals surface area contributed by atoms with Crippen molar-refractivity contribution in [3.8, 4) is 0 Å². The molecule has 1 aliphatic carbocycles. The standard InChI is InChI=1S/C36H50N4O5S/c1-26(2)24-40(46(44,45)33-19-17-31(37)18-20-33)32(25-41)14-8-9-21-38-36(43)34(39-35(42)29-11-4-3-5-12-29)23-27-15-16-28-10-6-7-13-30(28)22-27/h6-7,10,13,15-20,22,26,29,32,34,41H,3-5,8-9,11-12,14,21,23-25,37H2,1-2H3,(H,38,43)(H,39,42)/t32-,34-/m0/s1. The van der Waals surface area contributed by atoms with Gasteiger partial charge in [-0.2, -0.15) is 4.31 Å². The molecule has 0 radical (unpaired) electrons. The molecule has 0 unspecified atom stereocenters. The van der Waals surface area contributed by atoms with Crippen LogP contribution in [0, 0.1) is 11.8 Å². The molecule has 9 nitrogen and oxygen atoms in total. The minimum absolute atomic E-state index is 0.0558. The highest BCUT2D eigenvalue weighted by Gasteiger charge is 2.32. The van der Waals surface area contributed by atoms with Crippen LogP contribution in [0.15, 0.2) is 71.6 Å². The molecule has 0 heterocycles. The molecule has 1 fully saturated rings. The molecule has 1 saturated carbocycles. The molecule has 0 aromatic heterocycles. The van der Waals surface area contributed by atoms with Gasteiger partial charge < -0.3 is 21.5 Å². The van der Waals surface area contributed by atoms with Gasteiger partial charge in [0.1, 0.15) is 6.04 Å². The van der Waals surface area contributed by atoms with E-state index in [9.17, 15) is 23.1 Å². The maximum Gasteiger partial charge on any atom is 0.243 e. The van der Waals surface area contributed by atoms with Crippen molar-refractivity contribution in [3.63, 3.8) is 0 Å². The molecule has 0 bridgehead atoms. The highest BCUT2D eigenvalue weighted by Crippen LogP contribution is 2.25. The van der Waals surface area contributed by atoms with E-state index >= 15 is 0 Å². The number of carbonyl (C=O) groups excluding carboxylic acids is 2. The van der Waals surface area contributed by atoms with Gasteiger partial charge in [0.05, 0.1) is 11.5 Å². The normalized spacial score (nSPS) is 15.6. The van der Waals surface area contributed by atoms with E-state index in [-0.39, 0.29) is 41.7 Å². The van der Waals surface area contributed by atoms with E-state index in [1.165, 1.54) is 16.4 Å². The van der Waals surface area contributed by atoms with Gasteiger partial charge in [0, 0.05) is 37.2 Å². The fourth-order valence-corrected chi connectivity index (χ4v) is 8.02. The Morgan fingerprint density at radius 3 is 2.33 bits per heavy atom. The first-order chi connectivity index (χ1) is 22.1. The lowest BCUT2D eigenvalue weighted by atomic mass is 9.88. The van der Waals surface area contributed by atoms with E-state index in [1.54, 1.807) is 12.1 Å². The summed E-state index contributed by atoms with van der Waals surface area (Å²) >= 11 is 0. The molecule has 4 rings (SSSR count). The minimum atomic E-state index is -3.85. The van der Waals surface area contributed by atoms with Crippen LogP contribution in [0.4, 0.5) is 5.69 Å². The zero-order valence-corrected chi connectivity index (χ0v) is 28.0. The third kappa shape index (κ3) is 9.77. The number of sulfonamides is 1. The van der Waals surface area contributed by atoms with Crippen molar-refractivity contribution in [1.82, 2.24) is 14.9 Å². The number of hydrogen-bond donors (Lipinski definition) is 4. The summed E-state index contributed by atoms with van der Waals surface area (Å²) in [5, 5.41) is 18.5. The van der Waals surface area contributed by atoms with Gasteiger partial charge in [-0.15, -0.1) is 0 Å². The molecule has 2 amide bonds. The lowest BCUT2D eigenvalue weighted by Gasteiger charge is -2.31. The Kier molecular flexibility index (Phi) is 13.0. The largest absolute Gasteiger partial charge is 0.399 e. The Morgan fingerprint density at radius 2 is 1.65 bits per heavy atom. The fraction of sp³-hybridized carbons (Fsp3) is 0.500. The van der Waals surface area contributed by atoms with Crippen LogP contribution >= 0.6 is 0 Å². The maximum atomic E-state index is 13.5. The number of nitrogen functional groups attached to an aromatic ring is 1. The van der Waals surface area contributed by atoms with Crippen molar-refractivity contribution < 1.29 is 23.1 Å². The number of amides is 2. The maximum absolute atomic E-state index is 13.5. The number of aliphatic hydroxyl groups is 1. The molecule has 2 atom stereocenters. The Hall–Kier alpha value is -3.47. The molecule has 46 heavy (non-hydrogen) atoms. The van der Waals surface area contributed by atoms with Crippen molar-refractivity contribution >= 4 is 38.3 Å². The summed E-state index contributed by atoms with van der Waals surface area (Å²) in [7, 11) is -3.85. The van der Waals surface area contributed by atoms with Crippen LogP contribution in [0.1, 0.15) is 70.8 Å². The molecular formula is C36H50N4O5S. The number of nitrogens with zero attached hydrogens (tertiary/aromatic N) is 1. The predicted molar refractivity (Wildman–Crippen MR) is 183 cm³/mol. The van der Waals surface area contributed by atoms with Crippen molar-refractivity contribution in [2.75, 3.05) is 25.4 Å². The van der Waals surface area contributed by atoms with E-state index in [0.717, 1.165) is 48.4 Å². The second-order valence-corrected chi connectivity index (χ2v) is 14.8. The molecule has 3 aromatic carbocycles. The number of unbranched alkanes of at least 4 members (excludes halogenated alkanes) is 1. The lowest BCUT2D eigenvalue weighted by molar-refractivity contribution is -0.131. The molecule has 0 saturated heterocycles. The van der Waals surface area contributed by atoms with E-state index in [0.29, 0.717) is 37.9 Å². The first-order valence-electron chi connectivity index (χ1n) is 16.6. The van der Waals surface area contributed by atoms with Gasteiger partial charge in [0.2, 0.25) is 21.8 Å². The average Bonchev–Trinajstić information content (AvgIpc) is 3.05. The topological polar surface area (TPSA) is 142 Å². The Labute approximate surface area is 274 Å². The van der Waals surface area contributed by atoms with E-state index in [4.69, 9.17) is 5.73 Å². The summed E-state index contributed by atoms with van der Waals surface area (Å²) in [5.41, 5.74) is 7.21. The molecule has 10 heteroatoms. The third-order valence-corrected chi connectivity index (χ3v) is 10.7. The summed E-state index contributed by atoms with van der Waals surface area (Å²) in [6.45, 7) is 4.22. The third-order valence-electron chi connectivity index (χ3n) is 8.78. The van der Waals surface area contributed by atoms with E-state index in [1.807, 2.05) is 50.2 Å². The number of hydrogen-bond acceptors (Lipinski definition) is 6. The van der Waals surface area contributed by atoms with E-state index < -0.39 is 22.1 Å². The van der Waals surface area contributed by atoms with Crippen LogP contribution in [0.5, 0.6) is 0 Å². The molecule has 1 aliphatic rings. The van der Waals surface area contributed by atoms with Gasteiger partial charge in [-0.3, -0.25) is 9.59 Å². The minimum Gasteiger partial charge on any atom is -0.399 e. The molecule has 5 N–H and O–H groups in total. The second kappa shape index (κ2) is 16.9. The first kappa shape index (κ1) is 35.4. The Balaban J connectivity index is 1.37. The Bertz CT molecular complexity index is 1540. The predicted octanol–water partition coefficient (Wildman–Crippen LogP) is 5.02. The van der Waals surface area contributed by atoms with Crippen LogP contribution < -0.4 is 16.4 Å². The summed E-state index contributed by atoms with van der Waals surface area (Å²) in [6, 6.07) is 19.0. The van der Waals surface area contributed by atoms with Crippen molar-refractivity contribution in [3.05, 3.63) is 72.3 Å². The first-order valence-corrected chi connectivity index (χ1v) is 18.1. The van der Waals surface area contributed by atoms with Crippen LogP contribution in [0.25, 0.3) is 10.8 Å². The zero-order chi connectivity index (χ0) is 33.1. The van der Waals surface area contributed by atoms with Gasteiger partial charge in [-0.25, -0.2) is 8.42 Å². The van der Waals surface area contributed by atoms with Gasteiger partial charge in [-0.05, 0) is 72.2 Å². The number of fused-ring (bicyclic) bond motifs is 1. The molecule has 250 valence electrons. The number of nitrogens with two attached hydrogens (primary N) is 1. The highest BCUT2D eigenvalue weighted by molar-refractivity contribution is 7.89. The number of rotatable bonds is 16. The van der Waals surface area contributed by atoms with Gasteiger partial charge in [-0.1, -0.05) is 82.0 Å². The quantitative estimate of drug-likeness (QED) is 0.127. The lowest BCUT2D eigenvalue weighted by Crippen LogP contribution is -2.50. The van der Waals surface area contributed by atoms with Gasteiger partial charge >= 0.3 is 0 Å². The fourth-order valence-electron chi connectivity index (χ4n) is 6.21.